The van der Waals surface area contributed by atoms with Crippen LogP contribution >= 0.6 is 0 Å². The molecule has 122 valence electrons. The molecule has 0 heterocycles. The SMILES string of the molecule is O=C(O)[C@@H]1[C@H](C(=O)NCCOCc2ccccc2)[C@@H]2C=C[C@H]1C2. The largest absolute Gasteiger partial charge is 0.481 e. The average molecular weight is 315 g/mol. The second kappa shape index (κ2) is 6.96. The normalized spacial score (nSPS) is 28.0. The van der Waals surface area contributed by atoms with E-state index in [4.69, 9.17) is 4.74 Å². The Balaban J connectivity index is 1.43. The molecule has 0 radical (unpaired) electrons. The lowest BCUT2D eigenvalue weighted by Gasteiger charge is -2.23. The highest BCUT2D eigenvalue weighted by Gasteiger charge is 2.51. The van der Waals surface area contributed by atoms with E-state index in [0.717, 1.165) is 12.0 Å². The number of fused-ring (bicyclic) bond motifs is 2. The van der Waals surface area contributed by atoms with E-state index in [1.807, 2.05) is 42.5 Å². The van der Waals surface area contributed by atoms with Gasteiger partial charge in [0.15, 0.2) is 0 Å². The molecule has 0 unspecified atom stereocenters. The van der Waals surface area contributed by atoms with Crippen LogP contribution in [0.25, 0.3) is 0 Å². The molecule has 2 N–H and O–H groups in total. The van der Waals surface area contributed by atoms with Gasteiger partial charge in [-0.3, -0.25) is 9.59 Å². The van der Waals surface area contributed by atoms with Crippen molar-refractivity contribution in [2.24, 2.45) is 23.7 Å². The lowest BCUT2D eigenvalue weighted by atomic mass is 9.82. The quantitative estimate of drug-likeness (QED) is 0.595. The third kappa shape index (κ3) is 3.45. The molecule has 1 fully saturated rings. The standard InChI is InChI=1S/C18H21NO4/c20-17(15-13-6-7-14(10-13)16(15)18(21)22)19-8-9-23-11-12-4-2-1-3-5-12/h1-7,13-16H,8-11H2,(H,19,20)(H,21,22)/t13-,14+,15-,16+/m1/s1. The van der Waals surface area contributed by atoms with Gasteiger partial charge in [-0.2, -0.15) is 0 Å². The number of carbonyl (C=O) groups excluding carboxylic acids is 1. The van der Waals surface area contributed by atoms with Gasteiger partial charge < -0.3 is 15.2 Å². The van der Waals surface area contributed by atoms with Crippen molar-refractivity contribution >= 4 is 11.9 Å². The first-order chi connectivity index (χ1) is 11.2. The Kier molecular flexibility index (Phi) is 4.76. The fraction of sp³-hybridized carbons (Fsp3) is 0.444. The summed E-state index contributed by atoms with van der Waals surface area (Å²) in [7, 11) is 0. The number of benzene rings is 1. The molecule has 3 rings (SSSR count). The van der Waals surface area contributed by atoms with Crippen LogP contribution in [0.2, 0.25) is 0 Å². The van der Waals surface area contributed by atoms with Crippen LogP contribution in [0.1, 0.15) is 12.0 Å². The van der Waals surface area contributed by atoms with Gasteiger partial charge in [-0.05, 0) is 23.8 Å². The molecule has 0 aliphatic heterocycles. The zero-order valence-electron chi connectivity index (χ0n) is 12.9. The molecule has 0 aromatic heterocycles. The van der Waals surface area contributed by atoms with Crippen molar-refractivity contribution < 1.29 is 19.4 Å². The number of carboxylic acid groups (broad SMARTS) is 1. The predicted octanol–water partition coefficient (Wildman–Crippen LogP) is 1.84. The molecular formula is C18H21NO4. The van der Waals surface area contributed by atoms with Gasteiger partial charge in [0.2, 0.25) is 5.91 Å². The highest BCUT2D eigenvalue weighted by molar-refractivity contribution is 5.86. The van der Waals surface area contributed by atoms with Crippen LogP contribution in [0.5, 0.6) is 0 Å². The van der Waals surface area contributed by atoms with E-state index in [0.29, 0.717) is 19.8 Å². The second-order valence-corrected chi connectivity index (χ2v) is 6.17. The molecule has 5 heteroatoms. The van der Waals surface area contributed by atoms with Crippen LogP contribution in [0.4, 0.5) is 0 Å². The van der Waals surface area contributed by atoms with E-state index in [-0.39, 0.29) is 17.7 Å². The summed E-state index contributed by atoms with van der Waals surface area (Å²) in [6.45, 7) is 1.32. The van der Waals surface area contributed by atoms with Crippen molar-refractivity contribution in [3.63, 3.8) is 0 Å². The Bertz CT molecular complexity index is 598. The van der Waals surface area contributed by atoms with Crippen molar-refractivity contribution in [2.75, 3.05) is 13.2 Å². The van der Waals surface area contributed by atoms with Crippen molar-refractivity contribution in [2.45, 2.75) is 13.0 Å². The molecule has 1 aromatic carbocycles. The molecule has 2 aliphatic rings. The van der Waals surface area contributed by atoms with Crippen LogP contribution in [0.15, 0.2) is 42.5 Å². The highest BCUT2D eigenvalue weighted by atomic mass is 16.5. The van der Waals surface area contributed by atoms with Crippen molar-refractivity contribution in [1.82, 2.24) is 5.32 Å². The number of hydrogen-bond acceptors (Lipinski definition) is 3. The molecule has 0 spiro atoms. The topological polar surface area (TPSA) is 75.6 Å². The monoisotopic (exact) mass is 315 g/mol. The van der Waals surface area contributed by atoms with E-state index in [9.17, 15) is 14.7 Å². The van der Waals surface area contributed by atoms with Crippen LogP contribution in [-0.4, -0.2) is 30.1 Å². The summed E-state index contributed by atoms with van der Waals surface area (Å²) in [5.41, 5.74) is 1.09. The first-order valence-corrected chi connectivity index (χ1v) is 7.97. The summed E-state index contributed by atoms with van der Waals surface area (Å²) < 4.78 is 5.52. The number of rotatable bonds is 7. The van der Waals surface area contributed by atoms with E-state index in [1.165, 1.54) is 0 Å². The molecule has 4 atom stereocenters. The third-order valence-corrected chi connectivity index (χ3v) is 4.70. The lowest BCUT2D eigenvalue weighted by Crippen LogP contribution is -2.41. The van der Waals surface area contributed by atoms with Gasteiger partial charge >= 0.3 is 5.97 Å². The van der Waals surface area contributed by atoms with Gasteiger partial charge in [0.05, 0.1) is 25.0 Å². The summed E-state index contributed by atoms with van der Waals surface area (Å²) in [5, 5.41) is 12.2. The number of aliphatic carboxylic acids is 1. The summed E-state index contributed by atoms with van der Waals surface area (Å²) in [4.78, 5) is 23.7. The summed E-state index contributed by atoms with van der Waals surface area (Å²) in [6.07, 6.45) is 4.70. The van der Waals surface area contributed by atoms with E-state index >= 15 is 0 Å². The number of ether oxygens (including phenoxy) is 1. The van der Waals surface area contributed by atoms with Crippen molar-refractivity contribution in [3.8, 4) is 0 Å². The maximum Gasteiger partial charge on any atom is 0.307 e. The maximum absolute atomic E-state index is 12.3. The van der Waals surface area contributed by atoms with Gasteiger partial charge in [0.1, 0.15) is 0 Å². The fourth-order valence-corrected chi connectivity index (χ4v) is 3.64. The predicted molar refractivity (Wildman–Crippen MR) is 84.5 cm³/mol. The number of allylic oxidation sites excluding steroid dienone is 2. The molecule has 23 heavy (non-hydrogen) atoms. The number of amides is 1. The second-order valence-electron chi connectivity index (χ2n) is 6.17. The number of carboxylic acids is 1. The summed E-state index contributed by atoms with van der Waals surface area (Å²) >= 11 is 0. The minimum atomic E-state index is -0.873. The zero-order valence-corrected chi connectivity index (χ0v) is 12.9. The molecule has 5 nitrogen and oxygen atoms in total. The molecule has 1 aromatic rings. The smallest absolute Gasteiger partial charge is 0.307 e. The van der Waals surface area contributed by atoms with Gasteiger partial charge in [0.25, 0.3) is 0 Å². The third-order valence-electron chi connectivity index (χ3n) is 4.70. The Labute approximate surface area is 135 Å². The Morgan fingerprint density at radius 2 is 1.83 bits per heavy atom. The first kappa shape index (κ1) is 15.7. The summed E-state index contributed by atoms with van der Waals surface area (Å²) in [6, 6.07) is 9.83. The van der Waals surface area contributed by atoms with Crippen LogP contribution in [0.3, 0.4) is 0 Å². The number of carbonyl (C=O) groups is 2. The summed E-state index contributed by atoms with van der Waals surface area (Å²) in [5.74, 6) is -2.01. The minimum Gasteiger partial charge on any atom is -0.481 e. The van der Waals surface area contributed by atoms with E-state index in [1.54, 1.807) is 0 Å². The van der Waals surface area contributed by atoms with Crippen LogP contribution < -0.4 is 5.32 Å². The lowest BCUT2D eigenvalue weighted by molar-refractivity contribution is -0.147. The number of hydrogen-bond donors (Lipinski definition) is 2. The number of nitrogens with one attached hydrogen (secondary N) is 1. The molecule has 0 saturated heterocycles. The minimum absolute atomic E-state index is 0.00239. The molecule has 2 bridgehead atoms. The highest BCUT2D eigenvalue weighted by Crippen LogP contribution is 2.48. The van der Waals surface area contributed by atoms with Gasteiger partial charge in [-0.25, -0.2) is 0 Å². The maximum atomic E-state index is 12.3. The molecule has 2 aliphatic carbocycles. The van der Waals surface area contributed by atoms with Crippen molar-refractivity contribution in [3.05, 3.63) is 48.0 Å². The van der Waals surface area contributed by atoms with Gasteiger partial charge in [-0.15, -0.1) is 0 Å². The molecular weight excluding hydrogens is 294 g/mol. The van der Waals surface area contributed by atoms with Crippen LogP contribution in [0, 0.1) is 23.7 Å². The van der Waals surface area contributed by atoms with E-state index in [2.05, 4.69) is 5.32 Å². The Morgan fingerprint density at radius 3 is 2.52 bits per heavy atom. The Morgan fingerprint density at radius 1 is 1.13 bits per heavy atom. The van der Waals surface area contributed by atoms with Gasteiger partial charge in [0, 0.05) is 6.54 Å². The molecule has 1 saturated carbocycles. The first-order valence-electron chi connectivity index (χ1n) is 7.97. The van der Waals surface area contributed by atoms with Gasteiger partial charge in [-0.1, -0.05) is 42.5 Å². The average Bonchev–Trinajstić information content (AvgIpc) is 3.16. The molecule has 1 amide bonds. The fourth-order valence-electron chi connectivity index (χ4n) is 3.64. The van der Waals surface area contributed by atoms with Crippen molar-refractivity contribution in [1.29, 1.82) is 0 Å². The zero-order chi connectivity index (χ0) is 16.2. The van der Waals surface area contributed by atoms with E-state index < -0.39 is 17.8 Å². The Hall–Kier alpha value is -2.14. The van der Waals surface area contributed by atoms with Crippen LogP contribution in [-0.2, 0) is 20.9 Å².